The largest absolute Gasteiger partial charge is 0.467 e. The third-order valence-corrected chi connectivity index (χ3v) is 11.5. The molecule has 0 saturated heterocycles. The molecule has 1 heterocycles. The molecule has 1 saturated carbocycles. The molecule has 0 aliphatic heterocycles. The van der Waals surface area contributed by atoms with Gasteiger partial charge in [0.1, 0.15) is 19.0 Å². The predicted octanol–water partition coefficient (Wildman–Crippen LogP) is 7.25. The van der Waals surface area contributed by atoms with Gasteiger partial charge in [0, 0.05) is 10.6 Å². The molecule has 0 unspecified atom stereocenters. The summed E-state index contributed by atoms with van der Waals surface area (Å²) in [6, 6.07) is 33.0. The van der Waals surface area contributed by atoms with E-state index in [2.05, 4.69) is 12.1 Å². The highest BCUT2D eigenvalue weighted by Crippen LogP contribution is 2.55. The van der Waals surface area contributed by atoms with E-state index in [9.17, 15) is 5.11 Å². The normalized spacial score (nSPS) is 17.1. The summed E-state index contributed by atoms with van der Waals surface area (Å²) in [4.78, 5) is 0. The highest BCUT2D eigenvalue weighted by molar-refractivity contribution is 7.79. The van der Waals surface area contributed by atoms with Crippen molar-refractivity contribution in [3.8, 4) is 0 Å². The summed E-state index contributed by atoms with van der Waals surface area (Å²) in [6.45, 7) is 0.493. The molecule has 38 heavy (non-hydrogen) atoms. The molecule has 4 aromatic rings. The number of ether oxygens (including phenoxy) is 1. The summed E-state index contributed by atoms with van der Waals surface area (Å²) in [5.74, 6) is 0.798. The van der Waals surface area contributed by atoms with E-state index in [-0.39, 0.29) is 6.10 Å². The van der Waals surface area contributed by atoms with Crippen LogP contribution in [0.4, 0.5) is 0 Å². The van der Waals surface area contributed by atoms with Gasteiger partial charge in [0.2, 0.25) is 0 Å². The van der Waals surface area contributed by atoms with Crippen LogP contribution in [0.3, 0.4) is 0 Å². The fourth-order valence-corrected chi connectivity index (χ4v) is 9.22. The molecule has 198 valence electrons. The van der Waals surface area contributed by atoms with E-state index >= 15 is 4.57 Å². The van der Waals surface area contributed by atoms with Crippen molar-refractivity contribution < 1.29 is 18.8 Å². The number of furan rings is 1. The minimum Gasteiger partial charge on any atom is -0.467 e. The molecule has 1 aliphatic carbocycles. The predicted molar refractivity (Wildman–Crippen MR) is 153 cm³/mol. The fourth-order valence-electron chi connectivity index (χ4n) is 5.87. The summed E-state index contributed by atoms with van der Waals surface area (Å²) in [5.41, 5.74) is 0.506. The van der Waals surface area contributed by atoms with Crippen molar-refractivity contribution in [3.05, 3.63) is 121 Å². The first kappa shape index (κ1) is 26.7. The average Bonchev–Trinajstić information content (AvgIpc) is 3.54. The maximum atomic E-state index is 15.5. The molecular weight excluding hydrogens is 491 g/mol. The Morgan fingerprint density at radius 1 is 0.789 bits per heavy atom. The Hall–Kier alpha value is -2.91. The van der Waals surface area contributed by atoms with Gasteiger partial charge in [0.05, 0.1) is 24.6 Å². The van der Waals surface area contributed by atoms with Gasteiger partial charge in [-0.3, -0.25) is 0 Å². The van der Waals surface area contributed by atoms with Gasteiger partial charge in [0.25, 0.3) is 0 Å². The third kappa shape index (κ3) is 6.04. The van der Waals surface area contributed by atoms with Crippen LogP contribution in [0.2, 0.25) is 0 Å². The van der Waals surface area contributed by atoms with Crippen molar-refractivity contribution in [2.75, 3.05) is 0 Å². The van der Waals surface area contributed by atoms with E-state index < -0.39 is 18.9 Å². The number of hydrogen-bond acceptors (Lipinski definition) is 4. The monoisotopic (exact) mass is 528 g/mol. The zero-order valence-corrected chi connectivity index (χ0v) is 22.7. The molecule has 0 amide bonds. The van der Waals surface area contributed by atoms with Crippen LogP contribution < -0.4 is 10.6 Å². The minimum atomic E-state index is -3.32. The zero-order valence-electron chi connectivity index (χ0n) is 21.8. The van der Waals surface area contributed by atoms with Crippen LogP contribution in [0, 0.1) is 5.92 Å². The van der Waals surface area contributed by atoms with Crippen LogP contribution in [0.25, 0.3) is 0 Å². The van der Waals surface area contributed by atoms with Crippen molar-refractivity contribution in [2.45, 2.75) is 63.0 Å². The third-order valence-electron chi connectivity index (χ3n) is 7.90. The summed E-state index contributed by atoms with van der Waals surface area (Å²) in [5, 5.41) is 13.3. The maximum absolute atomic E-state index is 15.5. The van der Waals surface area contributed by atoms with Crippen molar-refractivity contribution in [1.29, 1.82) is 0 Å². The van der Waals surface area contributed by atoms with Crippen LogP contribution in [0.1, 0.15) is 56.0 Å². The van der Waals surface area contributed by atoms with Gasteiger partial charge < -0.3 is 18.8 Å². The number of rotatable bonds is 11. The van der Waals surface area contributed by atoms with E-state index in [1.165, 1.54) is 19.3 Å². The Kier molecular flexibility index (Phi) is 8.96. The first-order valence-corrected chi connectivity index (χ1v) is 15.5. The van der Waals surface area contributed by atoms with E-state index in [1.54, 1.807) is 18.4 Å². The Bertz CT molecular complexity index is 1230. The molecule has 5 heteroatoms. The number of benzene rings is 3. The Morgan fingerprint density at radius 2 is 1.37 bits per heavy atom. The molecule has 3 atom stereocenters. The smallest absolute Gasteiger partial charge is 0.149 e. The lowest BCUT2D eigenvalue weighted by atomic mass is 9.83. The molecule has 1 N–H and O–H groups in total. The molecule has 1 aromatic heterocycles. The first-order chi connectivity index (χ1) is 18.7. The number of aliphatic hydroxyl groups excluding tert-OH is 1. The second kappa shape index (κ2) is 12.8. The fraction of sp³-hybridized carbons (Fsp3) is 0.333. The SMILES string of the molecule is O=P(c1ccccc1)(c1ccccc1)[C@H](C[C@H](OCc1ccccc1)C1CCCCC1)[C@@H](O)c1ccco1. The second-order valence-corrected chi connectivity index (χ2v) is 13.3. The van der Waals surface area contributed by atoms with E-state index in [0.717, 1.165) is 29.0 Å². The quantitative estimate of drug-likeness (QED) is 0.208. The first-order valence-electron chi connectivity index (χ1n) is 13.7. The van der Waals surface area contributed by atoms with Crippen LogP contribution in [-0.2, 0) is 15.9 Å². The molecule has 3 aromatic carbocycles. The minimum absolute atomic E-state index is 0.133. The van der Waals surface area contributed by atoms with Crippen molar-refractivity contribution in [2.24, 2.45) is 5.92 Å². The Labute approximate surface area is 226 Å². The zero-order chi connectivity index (χ0) is 26.2. The number of aliphatic hydroxyl groups is 1. The van der Waals surface area contributed by atoms with Gasteiger partial charge in [-0.15, -0.1) is 0 Å². The van der Waals surface area contributed by atoms with Gasteiger partial charge in [0.15, 0.2) is 0 Å². The Morgan fingerprint density at radius 3 is 1.92 bits per heavy atom. The van der Waals surface area contributed by atoms with E-state index in [0.29, 0.717) is 24.7 Å². The van der Waals surface area contributed by atoms with Crippen LogP contribution in [0.15, 0.2) is 114 Å². The number of hydrogen-bond donors (Lipinski definition) is 1. The highest BCUT2D eigenvalue weighted by atomic mass is 31.2. The van der Waals surface area contributed by atoms with Gasteiger partial charge in [-0.25, -0.2) is 0 Å². The molecule has 0 radical (unpaired) electrons. The molecule has 5 rings (SSSR count). The topological polar surface area (TPSA) is 59.7 Å². The molecular formula is C33H37O4P. The summed E-state index contributed by atoms with van der Waals surface area (Å²) < 4.78 is 27.8. The van der Waals surface area contributed by atoms with Crippen LogP contribution >= 0.6 is 7.14 Å². The van der Waals surface area contributed by atoms with Gasteiger partial charge in [-0.05, 0) is 42.9 Å². The second-order valence-electron chi connectivity index (χ2n) is 10.3. The average molecular weight is 529 g/mol. The maximum Gasteiger partial charge on any atom is 0.149 e. The lowest BCUT2D eigenvalue weighted by molar-refractivity contribution is -0.0230. The summed E-state index contributed by atoms with van der Waals surface area (Å²) in [7, 11) is -3.32. The highest BCUT2D eigenvalue weighted by Gasteiger charge is 2.45. The van der Waals surface area contributed by atoms with Crippen molar-refractivity contribution in [3.63, 3.8) is 0 Å². The summed E-state index contributed by atoms with van der Waals surface area (Å²) in [6.07, 6.45) is 6.64. The van der Waals surface area contributed by atoms with Crippen molar-refractivity contribution in [1.82, 2.24) is 0 Å². The van der Waals surface area contributed by atoms with Gasteiger partial charge >= 0.3 is 0 Å². The molecule has 4 nitrogen and oxygen atoms in total. The summed E-state index contributed by atoms with van der Waals surface area (Å²) >= 11 is 0. The van der Waals surface area contributed by atoms with E-state index in [4.69, 9.17) is 9.15 Å². The molecule has 1 aliphatic rings. The van der Waals surface area contributed by atoms with Gasteiger partial charge in [-0.1, -0.05) is 110 Å². The lowest BCUT2D eigenvalue weighted by Gasteiger charge is -2.37. The standard InChI is InChI=1S/C33H37O4P/c34-33(30-22-13-23-36-30)32(38(35,28-18-9-3-10-19-28)29-20-11-4-12-21-29)24-31(27-16-7-2-8-17-27)37-25-26-14-5-1-6-15-26/h1,3-6,9-15,18-23,27,31-34H,2,7-8,16-17,24-25H2/t31-,32+,33-/m0/s1. The van der Waals surface area contributed by atoms with Crippen LogP contribution in [-0.4, -0.2) is 16.9 Å². The van der Waals surface area contributed by atoms with E-state index in [1.807, 2.05) is 78.9 Å². The molecule has 0 bridgehead atoms. The Balaban J connectivity index is 1.57. The lowest BCUT2D eigenvalue weighted by Crippen LogP contribution is -2.37. The van der Waals surface area contributed by atoms with Crippen molar-refractivity contribution >= 4 is 17.8 Å². The molecule has 1 fully saturated rings. The molecule has 0 spiro atoms. The van der Waals surface area contributed by atoms with Crippen LogP contribution in [0.5, 0.6) is 0 Å². The van der Waals surface area contributed by atoms with Gasteiger partial charge in [-0.2, -0.15) is 0 Å².